The SMILES string of the molecule is C=C/C=C(/CC)C(=C)C.CC.CC. The second-order valence-electron chi connectivity index (χ2n) is 2.06. The molecule has 0 aromatic carbocycles. The summed E-state index contributed by atoms with van der Waals surface area (Å²) in [4.78, 5) is 0. The lowest BCUT2D eigenvalue weighted by atomic mass is 10.1. The van der Waals surface area contributed by atoms with Crippen molar-refractivity contribution in [1.29, 1.82) is 0 Å². The molecule has 0 heterocycles. The summed E-state index contributed by atoms with van der Waals surface area (Å²) in [5.41, 5.74) is 2.42. The highest BCUT2D eigenvalue weighted by Crippen LogP contribution is 2.09. The lowest BCUT2D eigenvalue weighted by Gasteiger charge is -1.99. The van der Waals surface area contributed by atoms with Crippen LogP contribution in [0, 0.1) is 0 Å². The molecular weight excluding hydrogens is 156 g/mol. The van der Waals surface area contributed by atoms with E-state index in [0.717, 1.165) is 12.0 Å². The number of hydrogen-bond acceptors (Lipinski definition) is 0. The summed E-state index contributed by atoms with van der Waals surface area (Å²) < 4.78 is 0. The predicted octanol–water partition coefficient (Wildman–Crippen LogP) is 5.14. The van der Waals surface area contributed by atoms with Crippen LogP contribution in [0.1, 0.15) is 48.0 Å². The highest BCUT2D eigenvalue weighted by molar-refractivity contribution is 5.28. The topological polar surface area (TPSA) is 0 Å². The van der Waals surface area contributed by atoms with Crippen LogP contribution in [-0.2, 0) is 0 Å². The van der Waals surface area contributed by atoms with Gasteiger partial charge in [-0.3, -0.25) is 0 Å². The Morgan fingerprint density at radius 3 is 1.62 bits per heavy atom. The molecule has 78 valence electrons. The van der Waals surface area contributed by atoms with Gasteiger partial charge in [0, 0.05) is 0 Å². The van der Waals surface area contributed by atoms with Gasteiger partial charge in [-0.05, 0) is 18.9 Å². The van der Waals surface area contributed by atoms with Crippen LogP contribution in [0.15, 0.2) is 36.5 Å². The van der Waals surface area contributed by atoms with Crippen molar-refractivity contribution in [2.24, 2.45) is 0 Å². The summed E-state index contributed by atoms with van der Waals surface area (Å²) in [6.45, 7) is 19.6. The van der Waals surface area contributed by atoms with E-state index in [0.29, 0.717) is 0 Å². The van der Waals surface area contributed by atoms with Gasteiger partial charge >= 0.3 is 0 Å². The average Bonchev–Trinajstić information content (AvgIpc) is 2.20. The molecule has 0 radical (unpaired) electrons. The van der Waals surface area contributed by atoms with Gasteiger partial charge in [-0.2, -0.15) is 0 Å². The standard InChI is InChI=1S/C9H14.2C2H6/c1-5-7-9(6-2)8(3)4;2*1-2/h5,7H,1,3,6H2,2,4H3;2*1-2H3/b9-7-;;. The zero-order valence-electron chi connectivity index (χ0n) is 10.3. The molecule has 0 aromatic heterocycles. The maximum Gasteiger partial charge on any atom is -0.0305 e. The molecule has 0 bridgehead atoms. The summed E-state index contributed by atoms with van der Waals surface area (Å²) in [5.74, 6) is 0. The Kier molecular flexibility index (Phi) is 24.1. The molecular formula is C13H26. The molecule has 0 fully saturated rings. The van der Waals surface area contributed by atoms with E-state index in [-0.39, 0.29) is 0 Å². The molecule has 0 unspecified atom stereocenters. The average molecular weight is 182 g/mol. The Morgan fingerprint density at radius 2 is 1.54 bits per heavy atom. The Morgan fingerprint density at radius 1 is 1.15 bits per heavy atom. The van der Waals surface area contributed by atoms with Crippen LogP contribution in [0.5, 0.6) is 0 Å². The normalized spacial score (nSPS) is 8.62. The largest absolute Gasteiger partial charge is 0.0991 e. The van der Waals surface area contributed by atoms with E-state index in [9.17, 15) is 0 Å². The molecule has 0 rings (SSSR count). The van der Waals surface area contributed by atoms with Gasteiger partial charge in [-0.15, -0.1) is 0 Å². The van der Waals surface area contributed by atoms with Crippen molar-refractivity contribution in [3.8, 4) is 0 Å². The van der Waals surface area contributed by atoms with Crippen LogP contribution in [0.4, 0.5) is 0 Å². The second kappa shape index (κ2) is 17.3. The molecule has 0 aliphatic rings. The van der Waals surface area contributed by atoms with Crippen molar-refractivity contribution >= 4 is 0 Å². The third-order valence-electron chi connectivity index (χ3n) is 1.25. The fraction of sp³-hybridized carbons (Fsp3) is 0.538. The highest BCUT2D eigenvalue weighted by atomic mass is 14.0. The van der Waals surface area contributed by atoms with Gasteiger partial charge in [0.15, 0.2) is 0 Å². The van der Waals surface area contributed by atoms with Gasteiger partial charge in [-0.1, -0.05) is 65.5 Å². The fourth-order valence-electron chi connectivity index (χ4n) is 0.704. The number of hydrogen-bond donors (Lipinski definition) is 0. The van der Waals surface area contributed by atoms with Gasteiger partial charge in [-0.25, -0.2) is 0 Å². The Labute approximate surface area is 85.1 Å². The van der Waals surface area contributed by atoms with Crippen LogP contribution >= 0.6 is 0 Å². The molecule has 0 atom stereocenters. The maximum absolute atomic E-state index is 3.83. The van der Waals surface area contributed by atoms with E-state index >= 15 is 0 Å². The van der Waals surface area contributed by atoms with Crippen LogP contribution in [0.3, 0.4) is 0 Å². The quantitative estimate of drug-likeness (QED) is 0.530. The van der Waals surface area contributed by atoms with Crippen molar-refractivity contribution in [3.05, 3.63) is 36.5 Å². The third-order valence-corrected chi connectivity index (χ3v) is 1.25. The summed E-state index contributed by atoms with van der Waals surface area (Å²) in [5, 5.41) is 0. The van der Waals surface area contributed by atoms with E-state index < -0.39 is 0 Å². The second-order valence-corrected chi connectivity index (χ2v) is 2.06. The first-order valence-electron chi connectivity index (χ1n) is 5.19. The smallest absolute Gasteiger partial charge is 0.0305 e. The third kappa shape index (κ3) is 14.1. The minimum absolute atomic E-state index is 1.04. The van der Waals surface area contributed by atoms with E-state index in [4.69, 9.17) is 0 Å². The lowest BCUT2D eigenvalue weighted by molar-refractivity contribution is 1.11. The van der Waals surface area contributed by atoms with Gasteiger partial charge < -0.3 is 0 Å². The molecule has 0 saturated carbocycles. The van der Waals surface area contributed by atoms with Crippen LogP contribution in [-0.4, -0.2) is 0 Å². The van der Waals surface area contributed by atoms with Crippen LogP contribution in [0.2, 0.25) is 0 Å². The molecule has 0 spiro atoms. The Bertz CT molecular complexity index is 138. The first-order chi connectivity index (χ1) is 6.22. The van der Waals surface area contributed by atoms with E-state index in [1.54, 1.807) is 6.08 Å². The maximum atomic E-state index is 3.83. The van der Waals surface area contributed by atoms with E-state index in [2.05, 4.69) is 20.1 Å². The van der Waals surface area contributed by atoms with Crippen molar-refractivity contribution in [2.45, 2.75) is 48.0 Å². The van der Waals surface area contributed by atoms with Gasteiger partial charge in [0.25, 0.3) is 0 Å². The van der Waals surface area contributed by atoms with Crippen molar-refractivity contribution in [1.82, 2.24) is 0 Å². The first-order valence-corrected chi connectivity index (χ1v) is 5.19. The molecule has 13 heavy (non-hydrogen) atoms. The highest BCUT2D eigenvalue weighted by Gasteiger charge is 1.89. The number of allylic oxidation sites excluding steroid dienone is 4. The van der Waals surface area contributed by atoms with E-state index in [1.807, 2.05) is 40.7 Å². The fourth-order valence-corrected chi connectivity index (χ4v) is 0.704. The van der Waals surface area contributed by atoms with Crippen molar-refractivity contribution in [3.63, 3.8) is 0 Å². The lowest BCUT2D eigenvalue weighted by Crippen LogP contribution is -1.78. The van der Waals surface area contributed by atoms with Crippen LogP contribution in [0.25, 0.3) is 0 Å². The van der Waals surface area contributed by atoms with Crippen molar-refractivity contribution < 1.29 is 0 Å². The summed E-state index contributed by atoms with van der Waals surface area (Å²) in [7, 11) is 0. The number of rotatable bonds is 3. The van der Waals surface area contributed by atoms with Gasteiger partial charge in [0.1, 0.15) is 0 Å². The van der Waals surface area contributed by atoms with E-state index in [1.165, 1.54) is 5.57 Å². The monoisotopic (exact) mass is 182 g/mol. The zero-order chi connectivity index (χ0) is 11.3. The molecule has 0 aliphatic carbocycles. The molecule has 0 amide bonds. The summed E-state index contributed by atoms with van der Waals surface area (Å²) in [6.07, 6.45) is 4.84. The van der Waals surface area contributed by atoms with Crippen LogP contribution < -0.4 is 0 Å². The molecule has 0 heteroatoms. The Balaban J connectivity index is -0.000000218. The van der Waals surface area contributed by atoms with Gasteiger partial charge in [0.05, 0.1) is 0 Å². The summed E-state index contributed by atoms with van der Waals surface area (Å²) in [6, 6.07) is 0. The molecule has 0 nitrogen and oxygen atoms in total. The first kappa shape index (κ1) is 18.1. The Hall–Kier alpha value is -0.780. The molecule has 0 aliphatic heterocycles. The minimum atomic E-state index is 1.04. The zero-order valence-corrected chi connectivity index (χ0v) is 10.3. The molecule has 0 N–H and O–H groups in total. The molecule has 0 saturated heterocycles. The minimum Gasteiger partial charge on any atom is -0.0991 e. The van der Waals surface area contributed by atoms with Crippen molar-refractivity contribution in [2.75, 3.05) is 0 Å². The molecule has 0 aromatic rings. The summed E-state index contributed by atoms with van der Waals surface area (Å²) >= 11 is 0. The predicted molar refractivity (Wildman–Crippen MR) is 66.1 cm³/mol. The van der Waals surface area contributed by atoms with Gasteiger partial charge in [0.2, 0.25) is 0 Å².